The number of nitrogens with one attached hydrogen (secondary N) is 1. The molecule has 0 atom stereocenters. The minimum absolute atomic E-state index is 0.323. The molecule has 0 saturated heterocycles. The van der Waals surface area contributed by atoms with Crippen LogP contribution < -0.4 is 5.32 Å². The molecule has 0 bridgehead atoms. The zero-order chi connectivity index (χ0) is 12.8. The summed E-state index contributed by atoms with van der Waals surface area (Å²) in [6.45, 7) is 2.26. The van der Waals surface area contributed by atoms with Gasteiger partial charge in [-0.1, -0.05) is 39.0 Å². The summed E-state index contributed by atoms with van der Waals surface area (Å²) >= 11 is 0. The first-order valence-corrected chi connectivity index (χ1v) is 8.10. The van der Waals surface area contributed by atoms with Crippen LogP contribution in [0.5, 0.6) is 0 Å². The van der Waals surface area contributed by atoms with Crippen LogP contribution in [-0.4, -0.2) is 11.9 Å². The number of rotatable bonds is 5. The van der Waals surface area contributed by atoms with Gasteiger partial charge in [0.25, 0.3) is 0 Å². The van der Waals surface area contributed by atoms with E-state index >= 15 is 0 Å². The van der Waals surface area contributed by atoms with E-state index in [0.29, 0.717) is 17.9 Å². The lowest BCUT2D eigenvalue weighted by Gasteiger charge is -2.28. The predicted molar refractivity (Wildman–Crippen MR) is 75.4 cm³/mol. The van der Waals surface area contributed by atoms with Gasteiger partial charge in [-0.25, -0.2) is 0 Å². The van der Waals surface area contributed by atoms with Crippen LogP contribution in [0.25, 0.3) is 0 Å². The number of hydrogen-bond acceptors (Lipinski definition) is 1. The van der Waals surface area contributed by atoms with Gasteiger partial charge in [0.15, 0.2) is 0 Å². The lowest BCUT2D eigenvalue weighted by atomic mass is 9.79. The van der Waals surface area contributed by atoms with Crippen molar-refractivity contribution in [3.8, 4) is 0 Å². The molecule has 0 aromatic rings. The van der Waals surface area contributed by atoms with Crippen LogP contribution in [0, 0.1) is 11.8 Å². The van der Waals surface area contributed by atoms with Crippen molar-refractivity contribution in [1.82, 2.24) is 5.32 Å². The van der Waals surface area contributed by atoms with Crippen LogP contribution in [0.2, 0.25) is 0 Å². The van der Waals surface area contributed by atoms with Crippen LogP contribution in [0.3, 0.4) is 0 Å². The quantitative estimate of drug-likeness (QED) is 0.785. The van der Waals surface area contributed by atoms with Gasteiger partial charge in [-0.05, 0) is 44.4 Å². The largest absolute Gasteiger partial charge is 0.353 e. The highest BCUT2D eigenvalue weighted by atomic mass is 16.1. The maximum absolute atomic E-state index is 12.2. The Bertz CT molecular complexity index is 250. The van der Waals surface area contributed by atoms with Gasteiger partial charge in [0.2, 0.25) is 5.91 Å². The second-order valence-electron chi connectivity index (χ2n) is 6.35. The van der Waals surface area contributed by atoms with E-state index in [1.54, 1.807) is 0 Å². The van der Waals surface area contributed by atoms with E-state index < -0.39 is 0 Å². The Morgan fingerprint density at radius 2 is 1.72 bits per heavy atom. The molecule has 0 aliphatic heterocycles. The molecule has 0 spiro atoms. The van der Waals surface area contributed by atoms with E-state index in [2.05, 4.69) is 12.2 Å². The molecule has 0 aromatic heterocycles. The van der Waals surface area contributed by atoms with E-state index in [1.165, 1.54) is 57.8 Å². The fourth-order valence-corrected chi connectivity index (χ4v) is 3.60. The van der Waals surface area contributed by atoms with Gasteiger partial charge >= 0.3 is 0 Å². The summed E-state index contributed by atoms with van der Waals surface area (Å²) in [5.74, 6) is 1.58. The standard InChI is InChI=1S/C16H29NO/c1-2-3-6-13-9-11-14(12-10-13)16(18)17-15-7-4-5-8-15/h13-15H,2-12H2,1H3,(H,17,18). The Kier molecular flexibility index (Phi) is 5.52. The van der Waals surface area contributed by atoms with Gasteiger partial charge in [-0.2, -0.15) is 0 Å². The number of carbonyl (C=O) groups is 1. The lowest BCUT2D eigenvalue weighted by Crippen LogP contribution is -2.38. The molecule has 2 heteroatoms. The summed E-state index contributed by atoms with van der Waals surface area (Å²) in [6.07, 6.45) is 13.9. The van der Waals surface area contributed by atoms with Crippen molar-refractivity contribution in [3.63, 3.8) is 0 Å². The molecule has 0 unspecified atom stereocenters. The van der Waals surface area contributed by atoms with Crippen LogP contribution in [0.1, 0.15) is 77.6 Å². The number of amides is 1. The zero-order valence-electron chi connectivity index (χ0n) is 11.9. The molecule has 1 N–H and O–H groups in total. The number of carbonyl (C=O) groups excluding carboxylic acids is 1. The summed E-state index contributed by atoms with van der Waals surface area (Å²) in [5.41, 5.74) is 0. The molecule has 2 saturated carbocycles. The highest BCUT2D eigenvalue weighted by Gasteiger charge is 2.27. The monoisotopic (exact) mass is 251 g/mol. The molecule has 2 rings (SSSR count). The molecule has 0 aromatic carbocycles. The van der Waals surface area contributed by atoms with Crippen molar-refractivity contribution in [1.29, 1.82) is 0 Å². The van der Waals surface area contributed by atoms with Crippen LogP contribution in [0.4, 0.5) is 0 Å². The molecule has 1 amide bonds. The normalized spacial score (nSPS) is 29.4. The Hall–Kier alpha value is -0.530. The van der Waals surface area contributed by atoms with Crippen molar-refractivity contribution in [2.75, 3.05) is 0 Å². The predicted octanol–water partition coefficient (Wildman–Crippen LogP) is 4.04. The van der Waals surface area contributed by atoms with Crippen LogP contribution >= 0.6 is 0 Å². The molecule has 0 radical (unpaired) electrons. The fraction of sp³-hybridized carbons (Fsp3) is 0.938. The first kappa shape index (κ1) is 13.9. The third kappa shape index (κ3) is 4.00. The van der Waals surface area contributed by atoms with Crippen molar-refractivity contribution >= 4 is 5.91 Å². The maximum Gasteiger partial charge on any atom is 0.223 e. The van der Waals surface area contributed by atoms with Gasteiger partial charge in [0.05, 0.1) is 0 Å². The second-order valence-corrected chi connectivity index (χ2v) is 6.35. The van der Waals surface area contributed by atoms with Crippen molar-refractivity contribution < 1.29 is 4.79 Å². The highest BCUT2D eigenvalue weighted by Crippen LogP contribution is 2.32. The number of hydrogen-bond donors (Lipinski definition) is 1. The zero-order valence-corrected chi connectivity index (χ0v) is 11.9. The lowest BCUT2D eigenvalue weighted by molar-refractivity contribution is -0.126. The SMILES string of the molecule is CCCCC1CCC(C(=O)NC2CCCC2)CC1. The average molecular weight is 251 g/mol. The van der Waals surface area contributed by atoms with E-state index in [1.807, 2.05) is 0 Å². The van der Waals surface area contributed by atoms with Crippen molar-refractivity contribution in [2.45, 2.75) is 83.6 Å². The molecule has 2 fully saturated rings. The maximum atomic E-state index is 12.2. The average Bonchev–Trinajstić information content (AvgIpc) is 2.89. The Balaban J connectivity index is 1.66. The van der Waals surface area contributed by atoms with E-state index in [4.69, 9.17) is 0 Å². The third-order valence-electron chi connectivity index (χ3n) is 4.89. The Labute approximate surface area is 112 Å². The Morgan fingerprint density at radius 1 is 1.06 bits per heavy atom. The molecular formula is C16H29NO. The number of unbranched alkanes of at least 4 members (excludes halogenated alkanes) is 1. The molecule has 2 nitrogen and oxygen atoms in total. The van der Waals surface area contributed by atoms with Gasteiger partial charge in [0.1, 0.15) is 0 Å². The minimum atomic E-state index is 0.323. The van der Waals surface area contributed by atoms with E-state index in [-0.39, 0.29) is 0 Å². The molecule has 2 aliphatic carbocycles. The second kappa shape index (κ2) is 7.16. The van der Waals surface area contributed by atoms with Crippen molar-refractivity contribution in [3.05, 3.63) is 0 Å². The summed E-state index contributed by atoms with van der Waals surface area (Å²) in [7, 11) is 0. The molecule has 2 aliphatic rings. The summed E-state index contributed by atoms with van der Waals surface area (Å²) < 4.78 is 0. The first-order chi connectivity index (χ1) is 8.79. The third-order valence-corrected chi connectivity index (χ3v) is 4.89. The fourth-order valence-electron chi connectivity index (χ4n) is 3.60. The van der Waals surface area contributed by atoms with Gasteiger partial charge < -0.3 is 5.32 Å². The summed E-state index contributed by atoms with van der Waals surface area (Å²) in [5, 5.41) is 3.27. The molecule has 104 valence electrons. The topological polar surface area (TPSA) is 29.1 Å². The Morgan fingerprint density at radius 3 is 2.33 bits per heavy atom. The smallest absolute Gasteiger partial charge is 0.223 e. The minimum Gasteiger partial charge on any atom is -0.353 e. The highest BCUT2D eigenvalue weighted by molar-refractivity contribution is 5.79. The van der Waals surface area contributed by atoms with Crippen LogP contribution in [0.15, 0.2) is 0 Å². The van der Waals surface area contributed by atoms with Gasteiger partial charge in [-0.15, -0.1) is 0 Å². The van der Waals surface area contributed by atoms with Gasteiger partial charge in [-0.3, -0.25) is 4.79 Å². The molecule has 0 heterocycles. The van der Waals surface area contributed by atoms with Gasteiger partial charge in [0, 0.05) is 12.0 Å². The molecular weight excluding hydrogens is 222 g/mol. The van der Waals surface area contributed by atoms with Crippen molar-refractivity contribution in [2.24, 2.45) is 11.8 Å². The summed E-state index contributed by atoms with van der Waals surface area (Å²) in [6, 6.07) is 0.496. The van der Waals surface area contributed by atoms with E-state index in [9.17, 15) is 4.79 Å². The summed E-state index contributed by atoms with van der Waals surface area (Å²) in [4.78, 5) is 12.2. The first-order valence-electron chi connectivity index (χ1n) is 8.10. The van der Waals surface area contributed by atoms with E-state index in [0.717, 1.165) is 18.8 Å². The molecule has 18 heavy (non-hydrogen) atoms. The van der Waals surface area contributed by atoms with Crippen LogP contribution in [-0.2, 0) is 4.79 Å².